The summed E-state index contributed by atoms with van der Waals surface area (Å²) in [5.41, 5.74) is 8.34. The summed E-state index contributed by atoms with van der Waals surface area (Å²) in [7, 11) is 1.27. The Morgan fingerprint density at radius 1 is 1.20 bits per heavy atom. The van der Waals surface area contributed by atoms with Gasteiger partial charge >= 0.3 is 5.97 Å². The molecule has 35 heavy (non-hydrogen) atoms. The third-order valence-corrected chi connectivity index (χ3v) is 6.90. The molecular weight excluding hydrogens is 585 g/mol. The van der Waals surface area contributed by atoms with Gasteiger partial charge in [-0.05, 0) is 71.3 Å². The van der Waals surface area contributed by atoms with Gasteiger partial charge in [0.15, 0.2) is 17.3 Å². The van der Waals surface area contributed by atoms with Crippen molar-refractivity contribution in [2.24, 2.45) is 5.73 Å². The Balaban J connectivity index is 1.78. The lowest BCUT2D eigenvalue weighted by Gasteiger charge is -2.32. The van der Waals surface area contributed by atoms with Crippen LogP contribution in [-0.4, -0.2) is 25.5 Å². The molecule has 0 bridgehead atoms. The summed E-state index contributed by atoms with van der Waals surface area (Å²) in [4.78, 5) is 25.7. The smallest absolute Gasteiger partial charge is 0.340 e. The first-order chi connectivity index (χ1) is 16.8. The van der Waals surface area contributed by atoms with Crippen LogP contribution in [0.3, 0.4) is 0 Å². The van der Waals surface area contributed by atoms with Gasteiger partial charge in [-0.1, -0.05) is 23.7 Å². The van der Waals surface area contributed by atoms with Crippen LogP contribution in [0, 0.1) is 3.57 Å². The number of halogens is 2. The van der Waals surface area contributed by atoms with Crippen LogP contribution in [0.5, 0.6) is 11.5 Å². The van der Waals surface area contributed by atoms with E-state index in [9.17, 15) is 9.59 Å². The Hall–Kier alpha value is -2.72. The van der Waals surface area contributed by atoms with Crippen molar-refractivity contribution in [1.29, 1.82) is 0 Å². The van der Waals surface area contributed by atoms with Crippen molar-refractivity contribution in [1.82, 2.24) is 0 Å². The predicted octanol–water partition coefficient (Wildman–Crippen LogP) is 5.39. The molecule has 4 rings (SSSR count). The van der Waals surface area contributed by atoms with Crippen LogP contribution in [0.15, 0.2) is 59.2 Å². The van der Waals surface area contributed by atoms with E-state index in [-0.39, 0.29) is 17.2 Å². The van der Waals surface area contributed by atoms with E-state index in [1.165, 1.54) is 7.11 Å². The van der Waals surface area contributed by atoms with Crippen molar-refractivity contribution in [3.05, 3.63) is 78.9 Å². The first-order valence-electron chi connectivity index (χ1n) is 11.2. The Labute approximate surface area is 222 Å². The largest absolute Gasteiger partial charge is 0.490 e. The minimum atomic E-state index is -0.725. The summed E-state index contributed by atoms with van der Waals surface area (Å²) in [5.74, 6) is 0.0902. The van der Waals surface area contributed by atoms with E-state index < -0.39 is 11.9 Å². The standard InChI is InChI=1S/C26H25ClINO6/c1-3-33-20-12-15(11-17(28)24(20)34-13-14-7-9-16(27)10-8-14)21-22-18(30)5-4-6-19(22)35-25(29)23(21)26(31)32-2/h7-12,21H,3-6,13,29H2,1-2H3/t21-/m1/s1. The lowest BCUT2D eigenvalue weighted by atomic mass is 9.77. The normalized spacial score (nSPS) is 17.6. The van der Waals surface area contributed by atoms with E-state index in [1.54, 1.807) is 18.2 Å². The summed E-state index contributed by atoms with van der Waals surface area (Å²) in [5, 5.41) is 0.652. The van der Waals surface area contributed by atoms with Gasteiger partial charge in [0.05, 0.1) is 23.2 Å². The summed E-state index contributed by atoms with van der Waals surface area (Å²) < 4.78 is 23.5. The number of esters is 1. The molecule has 1 aliphatic carbocycles. The maximum atomic E-state index is 13.0. The maximum absolute atomic E-state index is 13.0. The molecule has 0 spiro atoms. The second-order valence-electron chi connectivity index (χ2n) is 8.10. The zero-order chi connectivity index (χ0) is 25.1. The van der Waals surface area contributed by atoms with Crippen LogP contribution in [0.4, 0.5) is 0 Å². The average molecular weight is 610 g/mol. The van der Waals surface area contributed by atoms with Crippen molar-refractivity contribution < 1.29 is 28.5 Å². The van der Waals surface area contributed by atoms with E-state index in [1.807, 2.05) is 25.1 Å². The monoisotopic (exact) mass is 609 g/mol. The van der Waals surface area contributed by atoms with Gasteiger partial charge in [-0.25, -0.2) is 4.79 Å². The first kappa shape index (κ1) is 25.4. The van der Waals surface area contributed by atoms with Gasteiger partial charge in [0.1, 0.15) is 17.9 Å². The van der Waals surface area contributed by atoms with E-state index >= 15 is 0 Å². The number of methoxy groups -OCH3 is 1. The highest BCUT2D eigenvalue weighted by Gasteiger charge is 2.41. The third kappa shape index (κ3) is 5.28. The Bertz CT molecular complexity index is 1220. The summed E-state index contributed by atoms with van der Waals surface area (Å²) in [6.07, 6.45) is 1.62. The molecule has 0 amide bonds. The lowest BCUT2D eigenvalue weighted by molar-refractivity contribution is -0.136. The minimum Gasteiger partial charge on any atom is -0.490 e. The highest BCUT2D eigenvalue weighted by molar-refractivity contribution is 14.1. The van der Waals surface area contributed by atoms with Crippen molar-refractivity contribution >= 4 is 45.9 Å². The number of ketones is 1. The fourth-order valence-corrected chi connectivity index (χ4v) is 5.20. The summed E-state index contributed by atoms with van der Waals surface area (Å²) >= 11 is 8.15. The Morgan fingerprint density at radius 3 is 2.63 bits per heavy atom. The number of allylic oxidation sites excluding steroid dienone is 2. The molecule has 1 heterocycles. The molecule has 1 aliphatic heterocycles. The summed E-state index contributed by atoms with van der Waals surface area (Å²) in [6.45, 7) is 2.59. The van der Waals surface area contributed by atoms with Gasteiger partial charge in [-0.2, -0.15) is 0 Å². The van der Waals surface area contributed by atoms with E-state index in [0.29, 0.717) is 65.9 Å². The van der Waals surface area contributed by atoms with Gasteiger partial charge in [-0.15, -0.1) is 0 Å². The zero-order valence-corrected chi connectivity index (χ0v) is 22.3. The summed E-state index contributed by atoms with van der Waals surface area (Å²) in [6, 6.07) is 11.1. The zero-order valence-electron chi connectivity index (χ0n) is 19.4. The minimum absolute atomic E-state index is 0.0497. The predicted molar refractivity (Wildman–Crippen MR) is 139 cm³/mol. The van der Waals surface area contributed by atoms with Gasteiger partial charge in [0.25, 0.3) is 0 Å². The molecule has 0 radical (unpaired) electrons. The fraction of sp³-hybridized carbons (Fsp3) is 0.308. The topological polar surface area (TPSA) is 97.1 Å². The molecule has 2 aromatic carbocycles. The van der Waals surface area contributed by atoms with Crippen LogP contribution >= 0.6 is 34.2 Å². The molecule has 0 fully saturated rings. The number of carbonyl (C=O) groups is 2. The second-order valence-corrected chi connectivity index (χ2v) is 9.69. The molecule has 0 unspecified atom stereocenters. The fourth-order valence-electron chi connectivity index (χ4n) is 4.29. The molecule has 184 valence electrons. The lowest BCUT2D eigenvalue weighted by Crippen LogP contribution is -2.31. The molecule has 7 nitrogen and oxygen atoms in total. The Kier molecular flexibility index (Phi) is 7.91. The molecule has 2 N–H and O–H groups in total. The van der Waals surface area contributed by atoms with E-state index in [0.717, 1.165) is 9.13 Å². The first-order valence-corrected chi connectivity index (χ1v) is 12.6. The number of hydrogen-bond donors (Lipinski definition) is 1. The average Bonchev–Trinajstić information content (AvgIpc) is 2.83. The van der Waals surface area contributed by atoms with E-state index in [2.05, 4.69) is 22.6 Å². The molecule has 0 aromatic heterocycles. The van der Waals surface area contributed by atoms with Gasteiger partial charge in [0.2, 0.25) is 5.88 Å². The number of hydrogen-bond acceptors (Lipinski definition) is 7. The number of rotatable bonds is 7. The van der Waals surface area contributed by atoms with E-state index in [4.69, 9.17) is 36.3 Å². The van der Waals surface area contributed by atoms with Crippen LogP contribution in [0.1, 0.15) is 43.2 Å². The molecular formula is C26H25ClINO6. The number of benzene rings is 2. The molecule has 9 heteroatoms. The van der Waals surface area contributed by atoms with Crippen LogP contribution in [0.2, 0.25) is 5.02 Å². The van der Waals surface area contributed by atoms with Crippen molar-refractivity contribution in [3.63, 3.8) is 0 Å². The number of carbonyl (C=O) groups excluding carboxylic acids is 2. The van der Waals surface area contributed by atoms with Crippen molar-refractivity contribution in [2.75, 3.05) is 13.7 Å². The van der Waals surface area contributed by atoms with Gasteiger partial charge in [-0.3, -0.25) is 4.79 Å². The van der Waals surface area contributed by atoms with Crippen molar-refractivity contribution in [2.45, 2.75) is 38.7 Å². The molecule has 2 aromatic rings. The highest BCUT2D eigenvalue weighted by Crippen LogP contribution is 2.46. The SMILES string of the molecule is CCOc1cc([C@H]2C(C(=O)OC)=C(N)OC3=C2C(=O)CCC3)cc(I)c1OCc1ccc(Cl)cc1. The number of ether oxygens (including phenoxy) is 4. The van der Waals surface area contributed by atoms with Crippen LogP contribution < -0.4 is 15.2 Å². The van der Waals surface area contributed by atoms with Crippen LogP contribution in [-0.2, 0) is 25.7 Å². The second kappa shape index (κ2) is 10.9. The molecule has 0 saturated carbocycles. The van der Waals surface area contributed by atoms with Gasteiger partial charge in [0, 0.05) is 23.4 Å². The highest BCUT2D eigenvalue weighted by atomic mass is 127. The molecule has 2 aliphatic rings. The van der Waals surface area contributed by atoms with Crippen molar-refractivity contribution in [3.8, 4) is 11.5 Å². The number of Topliss-reactive ketones (excluding diaryl/α,β-unsaturated/α-hetero) is 1. The number of nitrogens with two attached hydrogens (primary N) is 1. The Morgan fingerprint density at radius 2 is 1.94 bits per heavy atom. The molecule has 1 atom stereocenters. The maximum Gasteiger partial charge on any atom is 0.340 e. The quantitative estimate of drug-likeness (QED) is 0.332. The van der Waals surface area contributed by atoms with Crippen LogP contribution in [0.25, 0.3) is 0 Å². The third-order valence-electron chi connectivity index (χ3n) is 5.85. The van der Waals surface area contributed by atoms with Gasteiger partial charge < -0.3 is 24.7 Å². The molecule has 0 saturated heterocycles.